The molecule has 18 heavy (non-hydrogen) atoms. The summed E-state index contributed by atoms with van der Waals surface area (Å²) in [6, 6.07) is 4.69. The lowest BCUT2D eigenvalue weighted by molar-refractivity contribution is 0.315. The zero-order chi connectivity index (χ0) is 13.2. The molecule has 1 N–H and O–H groups in total. The predicted octanol–water partition coefficient (Wildman–Crippen LogP) is 1.69. The first-order chi connectivity index (χ1) is 8.58. The SMILES string of the molecule is CCC(CC)NS(=O)(=O)c1cccc2nonc12. The van der Waals surface area contributed by atoms with Crippen molar-refractivity contribution in [3.63, 3.8) is 0 Å². The molecule has 0 aliphatic carbocycles. The number of hydrogen-bond acceptors (Lipinski definition) is 5. The van der Waals surface area contributed by atoms with Crippen molar-refractivity contribution in [1.82, 2.24) is 15.0 Å². The molecule has 0 unspecified atom stereocenters. The highest BCUT2D eigenvalue weighted by Crippen LogP contribution is 2.20. The summed E-state index contributed by atoms with van der Waals surface area (Å²) in [5, 5.41) is 7.27. The average Bonchev–Trinajstić information content (AvgIpc) is 2.83. The van der Waals surface area contributed by atoms with Crippen LogP contribution in [0.4, 0.5) is 0 Å². The zero-order valence-electron chi connectivity index (χ0n) is 10.3. The van der Waals surface area contributed by atoms with Crippen molar-refractivity contribution < 1.29 is 13.0 Å². The van der Waals surface area contributed by atoms with Gasteiger partial charge in [-0.1, -0.05) is 19.9 Å². The van der Waals surface area contributed by atoms with Crippen molar-refractivity contribution in [3.8, 4) is 0 Å². The van der Waals surface area contributed by atoms with Gasteiger partial charge in [0, 0.05) is 6.04 Å². The summed E-state index contributed by atoms with van der Waals surface area (Å²) in [5.74, 6) is 0. The molecule has 0 fully saturated rings. The molecule has 0 spiro atoms. The Labute approximate surface area is 105 Å². The molecule has 2 aromatic rings. The van der Waals surface area contributed by atoms with Gasteiger partial charge < -0.3 is 0 Å². The summed E-state index contributed by atoms with van der Waals surface area (Å²) in [4.78, 5) is 0.105. The van der Waals surface area contributed by atoms with Gasteiger partial charge in [0.1, 0.15) is 10.4 Å². The fraction of sp³-hybridized carbons (Fsp3) is 0.455. The van der Waals surface area contributed by atoms with Gasteiger partial charge in [-0.25, -0.2) is 17.8 Å². The first-order valence-electron chi connectivity index (χ1n) is 5.82. The van der Waals surface area contributed by atoms with Gasteiger partial charge >= 0.3 is 0 Å². The lowest BCUT2D eigenvalue weighted by Crippen LogP contribution is -2.33. The van der Waals surface area contributed by atoms with E-state index < -0.39 is 10.0 Å². The monoisotopic (exact) mass is 269 g/mol. The zero-order valence-corrected chi connectivity index (χ0v) is 11.1. The van der Waals surface area contributed by atoms with E-state index in [0.717, 1.165) is 12.8 Å². The molecule has 98 valence electrons. The normalized spacial score (nSPS) is 12.4. The Morgan fingerprint density at radius 1 is 1.28 bits per heavy atom. The highest BCUT2D eigenvalue weighted by atomic mass is 32.2. The summed E-state index contributed by atoms with van der Waals surface area (Å²) in [6.07, 6.45) is 1.48. The smallest absolute Gasteiger partial charge is 0.243 e. The van der Waals surface area contributed by atoms with Crippen molar-refractivity contribution in [2.45, 2.75) is 37.6 Å². The minimum atomic E-state index is -3.59. The van der Waals surface area contributed by atoms with E-state index in [-0.39, 0.29) is 16.5 Å². The van der Waals surface area contributed by atoms with E-state index in [9.17, 15) is 8.42 Å². The third-order valence-corrected chi connectivity index (χ3v) is 4.40. The van der Waals surface area contributed by atoms with Crippen LogP contribution in [0.25, 0.3) is 11.0 Å². The van der Waals surface area contributed by atoms with E-state index in [0.29, 0.717) is 5.52 Å². The van der Waals surface area contributed by atoms with Crippen molar-refractivity contribution in [1.29, 1.82) is 0 Å². The molecule has 0 aliphatic heterocycles. The van der Waals surface area contributed by atoms with Crippen LogP contribution in [0.3, 0.4) is 0 Å². The second kappa shape index (κ2) is 5.03. The first-order valence-corrected chi connectivity index (χ1v) is 7.30. The van der Waals surface area contributed by atoms with Crippen molar-refractivity contribution in [2.24, 2.45) is 0 Å². The number of rotatable bonds is 5. The third-order valence-electron chi connectivity index (χ3n) is 2.85. The predicted molar refractivity (Wildman–Crippen MR) is 66.5 cm³/mol. The maximum atomic E-state index is 12.3. The molecule has 0 aliphatic rings. The topological polar surface area (TPSA) is 85.1 Å². The van der Waals surface area contributed by atoms with Crippen molar-refractivity contribution >= 4 is 21.1 Å². The summed E-state index contributed by atoms with van der Waals surface area (Å²) >= 11 is 0. The van der Waals surface area contributed by atoms with Crippen molar-refractivity contribution in [3.05, 3.63) is 18.2 Å². The van der Waals surface area contributed by atoms with E-state index in [4.69, 9.17) is 0 Å². The Morgan fingerprint density at radius 2 is 2.00 bits per heavy atom. The molecule has 2 rings (SSSR count). The fourth-order valence-corrected chi connectivity index (χ4v) is 3.29. The van der Waals surface area contributed by atoms with Crippen LogP contribution in [0, 0.1) is 0 Å². The molecule has 0 saturated carbocycles. The fourth-order valence-electron chi connectivity index (χ4n) is 1.74. The maximum absolute atomic E-state index is 12.3. The van der Waals surface area contributed by atoms with E-state index in [1.165, 1.54) is 6.07 Å². The van der Waals surface area contributed by atoms with Gasteiger partial charge in [0.15, 0.2) is 5.52 Å². The molecule has 1 aromatic heterocycles. The van der Waals surface area contributed by atoms with Gasteiger partial charge in [0.2, 0.25) is 10.0 Å². The van der Waals surface area contributed by atoms with E-state index in [1.54, 1.807) is 12.1 Å². The van der Waals surface area contributed by atoms with E-state index >= 15 is 0 Å². The van der Waals surface area contributed by atoms with Crippen LogP contribution < -0.4 is 4.72 Å². The van der Waals surface area contributed by atoms with Crippen LogP contribution in [-0.2, 0) is 10.0 Å². The van der Waals surface area contributed by atoms with Crippen LogP contribution in [-0.4, -0.2) is 24.8 Å². The van der Waals surface area contributed by atoms with Gasteiger partial charge in [-0.2, -0.15) is 0 Å². The largest absolute Gasteiger partial charge is 0.243 e. The van der Waals surface area contributed by atoms with Crippen LogP contribution in [0.15, 0.2) is 27.7 Å². The van der Waals surface area contributed by atoms with Crippen LogP contribution in [0.2, 0.25) is 0 Å². The summed E-state index contributed by atoms with van der Waals surface area (Å²) in [6.45, 7) is 3.88. The quantitative estimate of drug-likeness (QED) is 0.892. The lowest BCUT2D eigenvalue weighted by atomic mass is 10.2. The second-order valence-corrected chi connectivity index (χ2v) is 5.71. The Morgan fingerprint density at radius 3 is 2.67 bits per heavy atom. The number of nitrogens with zero attached hydrogens (tertiary/aromatic N) is 2. The summed E-state index contributed by atoms with van der Waals surface area (Å²) in [7, 11) is -3.59. The Kier molecular flexibility index (Phi) is 3.63. The maximum Gasteiger partial charge on any atom is 0.243 e. The number of fused-ring (bicyclic) bond motifs is 1. The van der Waals surface area contributed by atoms with Crippen LogP contribution in [0.1, 0.15) is 26.7 Å². The first kappa shape index (κ1) is 13.0. The number of nitrogens with one attached hydrogen (secondary N) is 1. The van der Waals surface area contributed by atoms with Gasteiger partial charge in [0.05, 0.1) is 0 Å². The Bertz CT molecular complexity index is 632. The molecule has 1 aromatic carbocycles. The number of sulfonamides is 1. The van der Waals surface area contributed by atoms with Gasteiger partial charge in [-0.05, 0) is 35.3 Å². The Hall–Kier alpha value is -1.47. The minimum Gasteiger partial charge on any atom is -0.243 e. The van der Waals surface area contributed by atoms with Crippen LogP contribution >= 0.6 is 0 Å². The standard InChI is InChI=1S/C11H15N3O3S/c1-3-8(4-2)14-18(15,16)10-7-5-6-9-11(10)13-17-12-9/h5-8,14H,3-4H2,1-2H3. The number of hydrogen-bond donors (Lipinski definition) is 1. The van der Waals surface area contributed by atoms with Crippen molar-refractivity contribution in [2.75, 3.05) is 0 Å². The van der Waals surface area contributed by atoms with Gasteiger partial charge in [-0.15, -0.1) is 0 Å². The molecule has 0 radical (unpaired) electrons. The Balaban J connectivity index is 2.43. The average molecular weight is 269 g/mol. The molecule has 0 atom stereocenters. The number of aromatic nitrogens is 2. The molecule has 0 bridgehead atoms. The molecule has 6 nitrogen and oxygen atoms in total. The summed E-state index contributed by atoms with van der Waals surface area (Å²) in [5.41, 5.74) is 0.693. The van der Waals surface area contributed by atoms with Crippen LogP contribution in [0.5, 0.6) is 0 Å². The number of benzene rings is 1. The molecule has 1 heterocycles. The molecule has 0 saturated heterocycles. The van der Waals surface area contributed by atoms with E-state index in [2.05, 4.69) is 19.7 Å². The van der Waals surface area contributed by atoms with Gasteiger partial charge in [0.25, 0.3) is 0 Å². The molecule has 7 heteroatoms. The molecule has 0 amide bonds. The highest BCUT2D eigenvalue weighted by molar-refractivity contribution is 7.89. The van der Waals surface area contributed by atoms with Gasteiger partial charge in [-0.3, -0.25) is 0 Å². The molecular formula is C11H15N3O3S. The highest BCUT2D eigenvalue weighted by Gasteiger charge is 2.22. The minimum absolute atomic E-state index is 0.0786. The second-order valence-electron chi connectivity index (χ2n) is 4.02. The van der Waals surface area contributed by atoms with E-state index in [1.807, 2.05) is 13.8 Å². The third kappa shape index (κ3) is 2.37. The lowest BCUT2D eigenvalue weighted by Gasteiger charge is -2.14. The molecular weight excluding hydrogens is 254 g/mol. The summed E-state index contributed by atoms with van der Waals surface area (Å²) < 4.78 is 31.7.